The third-order valence-corrected chi connectivity index (χ3v) is 3.72. The second-order valence-electron chi connectivity index (χ2n) is 5.27. The number of hydrogen-bond donors (Lipinski definition) is 1. The fourth-order valence-corrected chi connectivity index (χ4v) is 2.27. The highest BCUT2D eigenvalue weighted by molar-refractivity contribution is 5.85. The number of nitrogens with zero attached hydrogens (tertiary/aromatic N) is 1. The van der Waals surface area contributed by atoms with Crippen LogP contribution in [0.25, 0.3) is 0 Å². The van der Waals surface area contributed by atoms with E-state index in [9.17, 15) is 18.0 Å². The number of halogens is 4. The van der Waals surface area contributed by atoms with Crippen molar-refractivity contribution in [2.45, 2.75) is 31.9 Å². The number of rotatable bonds is 4. The van der Waals surface area contributed by atoms with E-state index < -0.39 is 12.1 Å². The molecule has 0 bridgehead atoms. The van der Waals surface area contributed by atoms with Gasteiger partial charge in [0.15, 0.2) is 0 Å². The molecule has 1 amide bonds. The van der Waals surface area contributed by atoms with E-state index in [1.54, 1.807) is 4.90 Å². The standard InChI is InChI=1S/C12H19F3N2O.ClH/c13-12(14,15)10-3-5-17(6-4-10)11(18)8-16-7-9-1-2-9;/h9-10,16H,1-8H2;1H. The highest BCUT2D eigenvalue weighted by Crippen LogP contribution is 2.34. The van der Waals surface area contributed by atoms with Crippen LogP contribution in [0.5, 0.6) is 0 Å². The minimum atomic E-state index is -4.11. The maximum Gasteiger partial charge on any atom is 0.391 e. The zero-order valence-corrected chi connectivity index (χ0v) is 11.5. The van der Waals surface area contributed by atoms with Crippen molar-refractivity contribution in [3.63, 3.8) is 0 Å². The molecule has 0 aromatic carbocycles. The molecular weight excluding hydrogens is 281 g/mol. The predicted molar refractivity (Wildman–Crippen MR) is 68.2 cm³/mol. The van der Waals surface area contributed by atoms with Gasteiger partial charge < -0.3 is 10.2 Å². The van der Waals surface area contributed by atoms with E-state index in [-0.39, 0.29) is 50.8 Å². The van der Waals surface area contributed by atoms with Crippen molar-refractivity contribution in [3.05, 3.63) is 0 Å². The zero-order valence-electron chi connectivity index (χ0n) is 10.7. The van der Waals surface area contributed by atoms with Gasteiger partial charge in [-0.1, -0.05) is 0 Å². The molecule has 2 rings (SSSR count). The number of hydrogen-bond acceptors (Lipinski definition) is 2. The second kappa shape index (κ2) is 6.79. The van der Waals surface area contributed by atoms with E-state index in [1.807, 2.05) is 0 Å². The van der Waals surface area contributed by atoms with Crippen molar-refractivity contribution in [3.8, 4) is 0 Å². The minimum absolute atomic E-state index is 0. The van der Waals surface area contributed by atoms with Crippen molar-refractivity contribution in [1.82, 2.24) is 10.2 Å². The lowest BCUT2D eigenvalue weighted by Crippen LogP contribution is -2.45. The Balaban J connectivity index is 0.00000180. The highest BCUT2D eigenvalue weighted by Gasteiger charge is 2.41. The number of amides is 1. The summed E-state index contributed by atoms with van der Waals surface area (Å²) in [7, 11) is 0. The Bertz CT molecular complexity index is 300. The van der Waals surface area contributed by atoms with Gasteiger partial charge >= 0.3 is 6.18 Å². The Morgan fingerprint density at radius 2 is 1.74 bits per heavy atom. The Morgan fingerprint density at radius 3 is 2.21 bits per heavy atom. The Hall–Kier alpha value is -0.490. The maximum absolute atomic E-state index is 12.5. The van der Waals surface area contributed by atoms with Gasteiger partial charge in [-0.15, -0.1) is 12.4 Å². The number of carbonyl (C=O) groups is 1. The van der Waals surface area contributed by atoms with Gasteiger partial charge in [0.25, 0.3) is 0 Å². The summed E-state index contributed by atoms with van der Waals surface area (Å²) >= 11 is 0. The van der Waals surface area contributed by atoms with Gasteiger partial charge in [-0.2, -0.15) is 13.2 Å². The van der Waals surface area contributed by atoms with Crippen LogP contribution in [-0.2, 0) is 4.79 Å². The third kappa shape index (κ3) is 5.18. The highest BCUT2D eigenvalue weighted by atomic mass is 35.5. The third-order valence-electron chi connectivity index (χ3n) is 3.72. The summed E-state index contributed by atoms with van der Waals surface area (Å²) in [6.07, 6.45) is -1.59. The first-order valence-corrected chi connectivity index (χ1v) is 6.52. The van der Waals surface area contributed by atoms with Crippen LogP contribution in [-0.4, -0.2) is 43.2 Å². The van der Waals surface area contributed by atoms with Gasteiger partial charge in [-0.05, 0) is 38.1 Å². The predicted octanol–water partition coefficient (Wildman–Crippen LogP) is 2.21. The molecule has 3 nitrogen and oxygen atoms in total. The van der Waals surface area contributed by atoms with E-state index in [1.165, 1.54) is 12.8 Å². The van der Waals surface area contributed by atoms with Gasteiger partial charge in [0.2, 0.25) is 5.91 Å². The molecule has 0 aromatic heterocycles. The molecule has 1 heterocycles. The van der Waals surface area contributed by atoms with E-state index >= 15 is 0 Å². The summed E-state index contributed by atoms with van der Waals surface area (Å²) < 4.78 is 37.4. The van der Waals surface area contributed by atoms with E-state index in [4.69, 9.17) is 0 Å². The van der Waals surface area contributed by atoms with Gasteiger partial charge in [0.1, 0.15) is 0 Å². The molecule has 0 atom stereocenters. The van der Waals surface area contributed by atoms with Crippen LogP contribution >= 0.6 is 12.4 Å². The first-order valence-electron chi connectivity index (χ1n) is 6.52. The monoisotopic (exact) mass is 300 g/mol. The lowest BCUT2D eigenvalue weighted by Gasteiger charge is -2.33. The Kier molecular flexibility index (Phi) is 5.92. The summed E-state index contributed by atoms with van der Waals surface area (Å²) in [5.74, 6) is -0.606. The lowest BCUT2D eigenvalue weighted by atomic mass is 9.96. The lowest BCUT2D eigenvalue weighted by molar-refractivity contribution is -0.186. The fraction of sp³-hybridized carbons (Fsp3) is 0.917. The van der Waals surface area contributed by atoms with Gasteiger partial charge in [-0.25, -0.2) is 0 Å². The molecule has 2 fully saturated rings. The molecule has 0 radical (unpaired) electrons. The quantitative estimate of drug-likeness (QED) is 0.863. The molecule has 1 N–H and O–H groups in total. The van der Waals surface area contributed by atoms with Gasteiger partial charge in [0.05, 0.1) is 12.5 Å². The summed E-state index contributed by atoms with van der Waals surface area (Å²) in [6, 6.07) is 0. The minimum Gasteiger partial charge on any atom is -0.342 e. The molecule has 1 aliphatic carbocycles. The van der Waals surface area contributed by atoms with Crippen molar-refractivity contribution in [2.75, 3.05) is 26.2 Å². The number of alkyl halides is 3. The zero-order chi connectivity index (χ0) is 13.2. The van der Waals surface area contributed by atoms with Crippen LogP contribution in [0, 0.1) is 11.8 Å². The second-order valence-corrected chi connectivity index (χ2v) is 5.27. The topological polar surface area (TPSA) is 32.3 Å². The van der Waals surface area contributed by atoms with Crippen LogP contribution in [0.1, 0.15) is 25.7 Å². The molecule has 0 spiro atoms. The molecule has 1 aliphatic heterocycles. The van der Waals surface area contributed by atoms with Gasteiger partial charge in [0, 0.05) is 13.1 Å². The summed E-state index contributed by atoms with van der Waals surface area (Å²) in [5, 5.41) is 3.07. The first-order chi connectivity index (χ1) is 8.47. The molecule has 112 valence electrons. The van der Waals surface area contributed by atoms with Crippen molar-refractivity contribution < 1.29 is 18.0 Å². The summed E-state index contributed by atoms with van der Waals surface area (Å²) in [6.45, 7) is 1.57. The Morgan fingerprint density at radius 1 is 1.16 bits per heavy atom. The molecule has 19 heavy (non-hydrogen) atoms. The number of likely N-dealkylation sites (tertiary alicyclic amines) is 1. The number of piperidine rings is 1. The van der Waals surface area contributed by atoms with Crippen LogP contribution in [0.3, 0.4) is 0 Å². The van der Waals surface area contributed by atoms with E-state index in [2.05, 4.69) is 5.32 Å². The molecule has 1 saturated heterocycles. The van der Waals surface area contributed by atoms with Crippen molar-refractivity contribution in [2.24, 2.45) is 11.8 Å². The summed E-state index contributed by atoms with van der Waals surface area (Å²) in [4.78, 5) is 13.3. The Labute approximate surface area is 117 Å². The summed E-state index contributed by atoms with van der Waals surface area (Å²) in [5.41, 5.74) is 0. The fourth-order valence-electron chi connectivity index (χ4n) is 2.27. The maximum atomic E-state index is 12.5. The first kappa shape index (κ1) is 16.6. The van der Waals surface area contributed by atoms with Crippen LogP contribution < -0.4 is 5.32 Å². The molecular formula is C12H20ClF3N2O. The largest absolute Gasteiger partial charge is 0.391 e. The van der Waals surface area contributed by atoms with Gasteiger partial charge in [-0.3, -0.25) is 4.79 Å². The molecule has 7 heteroatoms. The number of nitrogens with one attached hydrogen (secondary N) is 1. The normalized spacial score (nSPS) is 21.1. The number of carbonyl (C=O) groups excluding carboxylic acids is 1. The van der Waals surface area contributed by atoms with Crippen molar-refractivity contribution in [1.29, 1.82) is 0 Å². The smallest absolute Gasteiger partial charge is 0.342 e. The molecule has 0 aromatic rings. The SMILES string of the molecule is Cl.O=C(CNCC1CC1)N1CCC(C(F)(F)F)CC1. The van der Waals surface area contributed by atoms with Crippen molar-refractivity contribution >= 4 is 18.3 Å². The molecule has 2 aliphatic rings. The van der Waals surface area contributed by atoms with Crippen LogP contribution in [0.2, 0.25) is 0 Å². The molecule has 0 unspecified atom stereocenters. The average molecular weight is 301 g/mol. The van der Waals surface area contributed by atoms with Crippen LogP contribution in [0.15, 0.2) is 0 Å². The average Bonchev–Trinajstić information content (AvgIpc) is 3.12. The van der Waals surface area contributed by atoms with Crippen LogP contribution in [0.4, 0.5) is 13.2 Å². The van der Waals surface area contributed by atoms with E-state index in [0.717, 1.165) is 6.54 Å². The van der Waals surface area contributed by atoms with E-state index in [0.29, 0.717) is 5.92 Å². The molecule has 1 saturated carbocycles.